The Balaban J connectivity index is 1.89. The van der Waals surface area contributed by atoms with Gasteiger partial charge in [0.1, 0.15) is 23.9 Å². The number of fused-ring (bicyclic) bond motifs is 1. The first-order valence-corrected chi connectivity index (χ1v) is 10.3. The zero-order chi connectivity index (χ0) is 22.1. The maximum absolute atomic E-state index is 13.5. The number of benzene rings is 2. The van der Waals surface area contributed by atoms with Crippen molar-refractivity contribution in [3.63, 3.8) is 0 Å². The summed E-state index contributed by atoms with van der Waals surface area (Å²) in [5.74, 6) is -0.694. The van der Waals surface area contributed by atoms with Gasteiger partial charge in [-0.2, -0.15) is 0 Å². The average Bonchev–Trinajstić information content (AvgIpc) is 3.10. The molecule has 2 heterocycles. The summed E-state index contributed by atoms with van der Waals surface area (Å²) < 4.78 is 24.6. The standard InChI is InChI=1S/C22H19FN2O5S/c1-29-16-9-3-13(4-10-16)17-11-18(26)25(15-7-5-14(23)6-8-15)21-20(17)31-22(28)24(21)12-19(27)30-2/h3-10,17H,11-12H2,1-2H3/t17-/m0/s1. The van der Waals surface area contributed by atoms with E-state index in [4.69, 9.17) is 9.47 Å². The van der Waals surface area contributed by atoms with Crippen LogP contribution in [0, 0.1) is 5.82 Å². The number of methoxy groups -OCH3 is 2. The molecule has 1 aromatic heterocycles. The maximum Gasteiger partial charge on any atom is 0.325 e. The molecule has 31 heavy (non-hydrogen) atoms. The molecule has 0 unspecified atom stereocenters. The van der Waals surface area contributed by atoms with E-state index in [9.17, 15) is 18.8 Å². The molecule has 0 fully saturated rings. The average molecular weight is 442 g/mol. The Kier molecular flexibility index (Phi) is 5.60. The number of ether oxygens (including phenoxy) is 2. The minimum atomic E-state index is -0.610. The van der Waals surface area contributed by atoms with Gasteiger partial charge >= 0.3 is 10.8 Å². The van der Waals surface area contributed by atoms with E-state index in [0.29, 0.717) is 22.1 Å². The van der Waals surface area contributed by atoms with Crippen LogP contribution < -0.4 is 14.5 Å². The quantitative estimate of drug-likeness (QED) is 0.566. The second-order valence-electron chi connectivity index (χ2n) is 6.95. The van der Waals surface area contributed by atoms with Crippen LogP contribution >= 0.6 is 11.3 Å². The second kappa shape index (κ2) is 8.35. The Morgan fingerprint density at radius 2 is 1.77 bits per heavy atom. The number of carbonyl (C=O) groups is 2. The van der Waals surface area contributed by atoms with Gasteiger partial charge in [0.2, 0.25) is 5.91 Å². The van der Waals surface area contributed by atoms with E-state index < -0.39 is 11.8 Å². The lowest BCUT2D eigenvalue weighted by Crippen LogP contribution is -2.36. The number of rotatable bonds is 5. The molecule has 1 aliphatic heterocycles. The van der Waals surface area contributed by atoms with Crippen LogP contribution in [0.5, 0.6) is 5.75 Å². The third kappa shape index (κ3) is 3.84. The van der Waals surface area contributed by atoms with Gasteiger partial charge < -0.3 is 9.47 Å². The van der Waals surface area contributed by atoms with Crippen LogP contribution in [0.1, 0.15) is 22.8 Å². The molecule has 0 N–H and O–H groups in total. The first kappa shape index (κ1) is 20.8. The summed E-state index contributed by atoms with van der Waals surface area (Å²) in [6, 6.07) is 12.7. The molecule has 0 spiro atoms. The van der Waals surface area contributed by atoms with Crippen molar-refractivity contribution in [1.82, 2.24) is 4.57 Å². The minimum absolute atomic E-state index is 0.120. The van der Waals surface area contributed by atoms with Gasteiger partial charge in [0.25, 0.3) is 0 Å². The van der Waals surface area contributed by atoms with Gasteiger partial charge in [0, 0.05) is 12.3 Å². The Hall–Kier alpha value is -3.46. The zero-order valence-corrected chi connectivity index (χ0v) is 17.6. The molecular weight excluding hydrogens is 423 g/mol. The van der Waals surface area contributed by atoms with Crippen LogP contribution in [0.3, 0.4) is 0 Å². The number of halogens is 1. The number of nitrogens with zero attached hydrogens (tertiary/aromatic N) is 2. The van der Waals surface area contributed by atoms with Gasteiger partial charge in [-0.15, -0.1) is 0 Å². The van der Waals surface area contributed by atoms with Crippen molar-refractivity contribution in [2.24, 2.45) is 0 Å². The number of amides is 1. The fourth-order valence-electron chi connectivity index (χ4n) is 3.64. The maximum atomic E-state index is 13.5. The van der Waals surface area contributed by atoms with E-state index >= 15 is 0 Å². The first-order valence-electron chi connectivity index (χ1n) is 9.45. The summed E-state index contributed by atoms with van der Waals surface area (Å²) in [5, 5.41) is 0. The van der Waals surface area contributed by atoms with Crippen molar-refractivity contribution in [1.29, 1.82) is 0 Å². The molecular formula is C22H19FN2O5S. The SMILES string of the molecule is COC(=O)Cn1c2c(sc1=O)[C@H](c1ccc(OC)cc1)CC(=O)N2c1ccc(F)cc1. The van der Waals surface area contributed by atoms with Crippen molar-refractivity contribution >= 4 is 34.7 Å². The van der Waals surface area contributed by atoms with E-state index in [-0.39, 0.29) is 29.7 Å². The molecule has 1 aliphatic rings. The Morgan fingerprint density at radius 3 is 2.39 bits per heavy atom. The molecule has 3 aromatic rings. The number of carbonyl (C=O) groups excluding carboxylic acids is 2. The monoisotopic (exact) mass is 442 g/mol. The lowest BCUT2D eigenvalue weighted by molar-refractivity contribution is -0.141. The lowest BCUT2D eigenvalue weighted by atomic mass is 9.90. The lowest BCUT2D eigenvalue weighted by Gasteiger charge is -2.32. The van der Waals surface area contributed by atoms with Gasteiger partial charge in [-0.3, -0.25) is 23.9 Å². The highest BCUT2D eigenvalue weighted by Crippen LogP contribution is 2.45. The van der Waals surface area contributed by atoms with Crippen LogP contribution in [-0.4, -0.2) is 30.7 Å². The van der Waals surface area contributed by atoms with Gasteiger partial charge in [-0.25, -0.2) is 4.39 Å². The largest absolute Gasteiger partial charge is 0.497 e. The summed E-state index contributed by atoms with van der Waals surface area (Å²) in [6.07, 6.45) is 0.120. The van der Waals surface area contributed by atoms with E-state index in [0.717, 1.165) is 16.9 Å². The van der Waals surface area contributed by atoms with Crippen LogP contribution in [0.2, 0.25) is 0 Å². The molecule has 1 amide bonds. The van der Waals surface area contributed by atoms with Crippen molar-refractivity contribution < 1.29 is 23.5 Å². The molecule has 1 atom stereocenters. The molecule has 0 saturated carbocycles. The number of esters is 1. The number of anilines is 2. The second-order valence-corrected chi connectivity index (χ2v) is 7.95. The summed E-state index contributed by atoms with van der Waals surface area (Å²) in [4.78, 5) is 39.7. The summed E-state index contributed by atoms with van der Waals surface area (Å²) in [7, 11) is 2.80. The van der Waals surface area contributed by atoms with Gasteiger partial charge in [0.15, 0.2) is 0 Å². The number of hydrogen-bond acceptors (Lipinski definition) is 6. The van der Waals surface area contributed by atoms with Gasteiger partial charge in [-0.1, -0.05) is 23.5 Å². The minimum Gasteiger partial charge on any atom is -0.497 e. The van der Waals surface area contributed by atoms with Crippen LogP contribution in [0.4, 0.5) is 15.9 Å². The molecule has 0 saturated heterocycles. The highest BCUT2D eigenvalue weighted by atomic mass is 32.1. The van der Waals surface area contributed by atoms with E-state index in [2.05, 4.69) is 0 Å². The van der Waals surface area contributed by atoms with Crippen LogP contribution in [0.25, 0.3) is 0 Å². The molecule has 7 nitrogen and oxygen atoms in total. The van der Waals surface area contributed by atoms with Crippen molar-refractivity contribution in [2.45, 2.75) is 18.9 Å². The Bertz CT molecular complexity index is 1180. The third-order valence-corrected chi connectivity index (χ3v) is 6.25. The van der Waals surface area contributed by atoms with Crippen molar-refractivity contribution in [3.05, 3.63) is 74.5 Å². The van der Waals surface area contributed by atoms with Crippen LogP contribution in [0.15, 0.2) is 53.3 Å². The predicted molar refractivity (Wildman–Crippen MR) is 114 cm³/mol. The number of aromatic nitrogens is 1. The molecule has 4 rings (SSSR count). The topological polar surface area (TPSA) is 77.8 Å². The highest BCUT2D eigenvalue weighted by molar-refractivity contribution is 7.10. The summed E-state index contributed by atoms with van der Waals surface area (Å²) in [6.45, 7) is -0.332. The molecule has 0 aliphatic carbocycles. The predicted octanol–water partition coefficient (Wildman–Crippen LogP) is 3.43. The molecule has 9 heteroatoms. The number of thiazole rings is 1. The van der Waals surface area contributed by atoms with Gasteiger partial charge in [-0.05, 0) is 42.0 Å². The van der Waals surface area contributed by atoms with E-state index in [1.54, 1.807) is 19.2 Å². The molecule has 160 valence electrons. The van der Waals surface area contributed by atoms with E-state index in [1.165, 1.54) is 40.8 Å². The van der Waals surface area contributed by atoms with Gasteiger partial charge in [0.05, 0.1) is 24.8 Å². The fourth-order valence-corrected chi connectivity index (χ4v) is 4.75. The van der Waals surface area contributed by atoms with Crippen molar-refractivity contribution in [2.75, 3.05) is 19.1 Å². The smallest absolute Gasteiger partial charge is 0.325 e. The third-order valence-electron chi connectivity index (χ3n) is 5.17. The highest BCUT2D eigenvalue weighted by Gasteiger charge is 2.38. The van der Waals surface area contributed by atoms with Crippen molar-refractivity contribution in [3.8, 4) is 5.75 Å². The summed E-state index contributed by atoms with van der Waals surface area (Å²) >= 11 is 0.986. The summed E-state index contributed by atoms with van der Waals surface area (Å²) in [5.41, 5.74) is 1.26. The molecule has 0 bridgehead atoms. The number of hydrogen-bond donors (Lipinski definition) is 0. The molecule has 2 aromatic carbocycles. The van der Waals surface area contributed by atoms with E-state index in [1.807, 2.05) is 12.1 Å². The first-order chi connectivity index (χ1) is 14.9. The Labute approximate surface area is 181 Å². The fraction of sp³-hybridized carbons (Fsp3) is 0.227. The Morgan fingerprint density at radius 1 is 1.10 bits per heavy atom. The zero-order valence-electron chi connectivity index (χ0n) is 16.8. The normalized spacial score (nSPS) is 15.5. The van der Waals surface area contributed by atoms with Crippen LogP contribution in [-0.2, 0) is 20.9 Å². The molecule has 0 radical (unpaired) electrons.